The molecule has 1 atom stereocenters. The summed E-state index contributed by atoms with van der Waals surface area (Å²) in [4.78, 5) is 10.6. The molecule has 0 fully saturated rings. The minimum Gasteiger partial charge on any atom is -0.478 e. The van der Waals surface area contributed by atoms with Crippen molar-refractivity contribution in [1.29, 1.82) is 0 Å². The molecule has 4 nitrogen and oxygen atoms in total. The molecule has 1 unspecified atom stereocenters. The molecule has 0 aliphatic rings. The van der Waals surface area contributed by atoms with Gasteiger partial charge in [0.2, 0.25) is 0 Å². The van der Waals surface area contributed by atoms with Gasteiger partial charge in [0, 0.05) is 6.54 Å². The lowest BCUT2D eigenvalue weighted by molar-refractivity contribution is 0.0697. The molecule has 1 rings (SSSR count). The van der Waals surface area contributed by atoms with E-state index >= 15 is 0 Å². The largest absolute Gasteiger partial charge is 0.478 e. The molecule has 1 aromatic rings. The third-order valence-corrected chi connectivity index (χ3v) is 2.28. The van der Waals surface area contributed by atoms with Gasteiger partial charge in [0.05, 0.1) is 23.2 Å². The molecule has 0 heterocycles. The van der Waals surface area contributed by atoms with E-state index in [4.69, 9.17) is 21.8 Å². The molecule has 0 saturated heterocycles. The molecule has 0 spiro atoms. The van der Waals surface area contributed by atoms with Gasteiger partial charge >= 0.3 is 5.97 Å². The molecular formula is C10H11ClFNO3. The Labute approximate surface area is 96.7 Å². The molecule has 1 aromatic carbocycles. The molecule has 0 saturated carbocycles. The highest BCUT2D eigenvalue weighted by Gasteiger charge is 2.09. The topological polar surface area (TPSA) is 69.6 Å². The molecule has 0 amide bonds. The normalized spacial score (nSPS) is 12.2. The van der Waals surface area contributed by atoms with Crippen molar-refractivity contribution in [2.45, 2.75) is 6.10 Å². The van der Waals surface area contributed by atoms with E-state index in [0.717, 1.165) is 6.07 Å². The Kier molecular flexibility index (Phi) is 4.52. The van der Waals surface area contributed by atoms with E-state index in [2.05, 4.69) is 5.32 Å². The van der Waals surface area contributed by atoms with Crippen molar-refractivity contribution in [2.75, 3.05) is 17.7 Å². The minimum atomic E-state index is -1.14. The van der Waals surface area contributed by atoms with E-state index in [0.29, 0.717) is 0 Å². The number of aliphatic hydroxyl groups excluding tert-OH is 1. The summed E-state index contributed by atoms with van der Waals surface area (Å²) in [5.74, 6) is -1.69. The summed E-state index contributed by atoms with van der Waals surface area (Å²) < 4.78 is 13.2. The van der Waals surface area contributed by atoms with Crippen LogP contribution < -0.4 is 5.32 Å². The molecule has 6 heteroatoms. The summed E-state index contributed by atoms with van der Waals surface area (Å²) >= 11 is 5.36. The molecule has 0 bridgehead atoms. The summed E-state index contributed by atoms with van der Waals surface area (Å²) in [6.45, 7) is 0.0590. The van der Waals surface area contributed by atoms with Crippen LogP contribution in [0.3, 0.4) is 0 Å². The first-order valence-corrected chi connectivity index (χ1v) is 5.08. The van der Waals surface area contributed by atoms with Crippen LogP contribution in [-0.4, -0.2) is 34.7 Å². The quantitative estimate of drug-likeness (QED) is 0.691. The van der Waals surface area contributed by atoms with Gasteiger partial charge in [0.25, 0.3) is 0 Å². The summed E-state index contributed by atoms with van der Waals surface area (Å²) in [5.41, 5.74) is 0.00771. The maximum Gasteiger partial charge on any atom is 0.335 e. The highest BCUT2D eigenvalue weighted by atomic mass is 35.5. The van der Waals surface area contributed by atoms with Crippen molar-refractivity contribution < 1.29 is 19.4 Å². The third kappa shape index (κ3) is 3.36. The molecule has 16 heavy (non-hydrogen) atoms. The van der Waals surface area contributed by atoms with Gasteiger partial charge in [-0.3, -0.25) is 0 Å². The third-order valence-electron chi connectivity index (χ3n) is 1.92. The van der Waals surface area contributed by atoms with Crippen LogP contribution in [0.1, 0.15) is 10.4 Å². The zero-order valence-corrected chi connectivity index (χ0v) is 9.04. The number of carbonyl (C=O) groups is 1. The Balaban J connectivity index is 2.78. The number of hydrogen-bond donors (Lipinski definition) is 3. The first kappa shape index (κ1) is 12.7. The Hall–Kier alpha value is -1.33. The van der Waals surface area contributed by atoms with Crippen LogP contribution in [0.4, 0.5) is 10.1 Å². The fourth-order valence-electron chi connectivity index (χ4n) is 1.08. The molecule has 3 N–H and O–H groups in total. The molecule has 0 aliphatic carbocycles. The average molecular weight is 248 g/mol. The van der Waals surface area contributed by atoms with Crippen LogP contribution in [0, 0.1) is 5.82 Å². The van der Waals surface area contributed by atoms with Gasteiger partial charge in [-0.1, -0.05) is 0 Å². The number of nitrogens with one attached hydrogen (secondary N) is 1. The smallest absolute Gasteiger partial charge is 0.335 e. The summed E-state index contributed by atoms with van der Waals surface area (Å²) in [7, 11) is 0. The van der Waals surface area contributed by atoms with E-state index in [1.165, 1.54) is 12.1 Å². The SMILES string of the molecule is O=C(O)c1ccc(F)c(NCC(O)CCl)c1. The first-order chi connectivity index (χ1) is 7.54. The van der Waals surface area contributed by atoms with Crippen molar-refractivity contribution >= 4 is 23.3 Å². The van der Waals surface area contributed by atoms with Crippen LogP contribution in [0.25, 0.3) is 0 Å². The molecule has 0 aliphatic heterocycles. The van der Waals surface area contributed by atoms with Crippen molar-refractivity contribution in [1.82, 2.24) is 0 Å². The van der Waals surface area contributed by atoms with Gasteiger partial charge < -0.3 is 15.5 Å². The fraction of sp³-hybridized carbons (Fsp3) is 0.300. The van der Waals surface area contributed by atoms with Crippen LogP contribution >= 0.6 is 11.6 Å². The van der Waals surface area contributed by atoms with E-state index in [9.17, 15) is 9.18 Å². The van der Waals surface area contributed by atoms with E-state index < -0.39 is 17.9 Å². The fourth-order valence-corrected chi connectivity index (χ4v) is 1.19. The van der Waals surface area contributed by atoms with Crippen molar-refractivity contribution in [3.8, 4) is 0 Å². The van der Waals surface area contributed by atoms with Gasteiger partial charge in [-0.25, -0.2) is 9.18 Å². The lowest BCUT2D eigenvalue weighted by atomic mass is 10.2. The number of benzene rings is 1. The summed E-state index contributed by atoms with van der Waals surface area (Å²) in [6, 6.07) is 3.39. The second kappa shape index (κ2) is 5.67. The molecule has 0 radical (unpaired) electrons. The van der Waals surface area contributed by atoms with Gasteiger partial charge in [-0.15, -0.1) is 11.6 Å². The number of carboxylic acid groups (broad SMARTS) is 1. The number of alkyl halides is 1. The standard InChI is InChI=1S/C10H11ClFNO3/c11-4-7(14)5-13-9-3-6(10(15)16)1-2-8(9)12/h1-3,7,13-14H,4-5H2,(H,15,16). The van der Waals surface area contributed by atoms with E-state index in [1.54, 1.807) is 0 Å². The minimum absolute atomic E-state index is 0.0211. The molecule has 0 aromatic heterocycles. The number of hydrogen-bond acceptors (Lipinski definition) is 3. The van der Waals surface area contributed by atoms with Crippen molar-refractivity contribution in [2.24, 2.45) is 0 Å². The van der Waals surface area contributed by atoms with Gasteiger partial charge in [0.15, 0.2) is 0 Å². The number of carboxylic acids is 1. The zero-order valence-electron chi connectivity index (χ0n) is 8.28. The Morgan fingerprint density at radius 3 is 2.81 bits per heavy atom. The van der Waals surface area contributed by atoms with Gasteiger partial charge in [-0.05, 0) is 18.2 Å². The predicted molar refractivity (Wildman–Crippen MR) is 58.6 cm³/mol. The second-order valence-electron chi connectivity index (χ2n) is 3.19. The van der Waals surface area contributed by atoms with Crippen LogP contribution in [-0.2, 0) is 0 Å². The molecular weight excluding hydrogens is 237 g/mol. The van der Waals surface area contributed by atoms with Crippen LogP contribution in [0.15, 0.2) is 18.2 Å². The van der Waals surface area contributed by atoms with E-state index in [1.807, 2.05) is 0 Å². The van der Waals surface area contributed by atoms with Crippen LogP contribution in [0.5, 0.6) is 0 Å². The number of rotatable bonds is 5. The van der Waals surface area contributed by atoms with Gasteiger partial charge in [0.1, 0.15) is 5.82 Å². The Bertz CT molecular complexity index is 386. The lowest BCUT2D eigenvalue weighted by Gasteiger charge is -2.11. The average Bonchev–Trinajstić information content (AvgIpc) is 2.27. The highest BCUT2D eigenvalue weighted by Crippen LogP contribution is 2.16. The first-order valence-electron chi connectivity index (χ1n) is 4.55. The second-order valence-corrected chi connectivity index (χ2v) is 3.50. The summed E-state index contributed by atoms with van der Waals surface area (Å²) in [5, 5.41) is 20.4. The number of aliphatic hydroxyl groups is 1. The van der Waals surface area contributed by atoms with Crippen LogP contribution in [0.2, 0.25) is 0 Å². The monoisotopic (exact) mass is 247 g/mol. The Morgan fingerprint density at radius 2 is 2.25 bits per heavy atom. The summed E-state index contributed by atoms with van der Waals surface area (Å²) in [6.07, 6.45) is -0.811. The van der Waals surface area contributed by atoms with Crippen molar-refractivity contribution in [3.63, 3.8) is 0 Å². The number of aromatic carboxylic acids is 1. The predicted octanol–water partition coefficient (Wildman–Crippen LogP) is 1.54. The highest BCUT2D eigenvalue weighted by molar-refractivity contribution is 6.18. The lowest BCUT2D eigenvalue weighted by Crippen LogP contribution is -2.21. The zero-order chi connectivity index (χ0) is 12.1. The van der Waals surface area contributed by atoms with Crippen molar-refractivity contribution in [3.05, 3.63) is 29.6 Å². The van der Waals surface area contributed by atoms with E-state index in [-0.39, 0.29) is 23.7 Å². The van der Waals surface area contributed by atoms with Gasteiger partial charge in [-0.2, -0.15) is 0 Å². The maximum absolute atomic E-state index is 13.2. The number of halogens is 2. The molecule has 88 valence electrons. The Morgan fingerprint density at radius 1 is 1.56 bits per heavy atom. The maximum atomic E-state index is 13.2. The number of anilines is 1.